The Labute approximate surface area is 130 Å². The number of aromatic nitrogens is 2. The van der Waals surface area contributed by atoms with Crippen molar-refractivity contribution in [3.63, 3.8) is 0 Å². The lowest BCUT2D eigenvalue weighted by molar-refractivity contribution is 0.414. The molecule has 0 amide bonds. The van der Waals surface area contributed by atoms with Crippen LogP contribution in [0.5, 0.6) is 5.75 Å². The minimum Gasteiger partial charge on any atom is -0.497 e. The van der Waals surface area contributed by atoms with Crippen LogP contribution in [0.15, 0.2) is 48.8 Å². The molecule has 2 heterocycles. The molecule has 0 atom stereocenters. The standard InChI is InChI=1S/C18H21N3O/c1-3-19-12-15-8-9-21-13-16(20-18(21)11-15)10-14-4-6-17(22-2)7-5-14/h4-9,11,13,19H,3,10,12H2,1-2H3. The molecule has 2 aromatic heterocycles. The summed E-state index contributed by atoms with van der Waals surface area (Å²) in [6, 6.07) is 12.4. The van der Waals surface area contributed by atoms with E-state index in [4.69, 9.17) is 9.72 Å². The third kappa shape index (κ3) is 3.28. The molecule has 3 rings (SSSR count). The lowest BCUT2D eigenvalue weighted by atomic mass is 10.1. The number of hydrogen-bond donors (Lipinski definition) is 1. The van der Waals surface area contributed by atoms with Crippen LogP contribution in [0.2, 0.25) is 0 Å². The van der Waals surface area contributed by atoms with Gasteiger partial charge in [0.25, 0.3) is 0 Å². The molecule has 0 aliphatic heterocycles. The van der Waals surface area contributed by atoms with Crippen molar-refractivity contribution in [2.75, 3.05) is 13.7 Å². The highest BCUT2D eigenvalue weighted by Crippen LogP contribution is 2.15. The molecule has 0 saturated heterocycles. The Morgan fingerprint density at radius 3 is 2.68 bits per heavy atom. The van der Waals surface area contributed by atoms with Crippen LogP contribution >= 0.6 is 0 Å². The largest absolute Gasteiger partial charge is 0.497 e. The van der Waals surface area contributed by atoms with E-state index in [1.165, 1.54) is 11.1 Å². The summed E-state index contributed by atoms with van der Waals surface area (Å²) in [6.45, 7) is 3.97. The molecule has 0 spiro atoms. The predicted molar refractivity (Wildman–Crippen MR) is 88.4 cm³/mol. The van der Waals surface area contributed by atoms with Crippen molar-refractivity contribution in [3.05, 3.63) is 65.6 Å². The summed E-state index contributed by atoms with van der Waals surface area (Å²) >= 11 is 0. The molecule has 0 fully saturated rings. The maximum absolute atomic E-state index is 5.19. The lowest BCUT2D eigenvalue weighted by Crippen LogP contribution is -2.11. The quantitative estimate of drug-likeness (QED) is 0.759. The van der Waals surface area contributed by atoms with Gasteiger partial charge in [0.2, 0.25) is 0 Å². The number of nitrogens with one attached hydrogen (secondary N) is 1. The summed E-state index contributed by atoms with van der Waals surface area (Å²) in [5, 5.41) is 3.34. The summed E-state index contributed by atoms with van der Waals surface area (Å²) in [5.74, 6) is 0.881. The zero-order valence-corrected chi connectivity index (χ0v) is 13.0. The molecule has 1 N–H and O–H groups in total. The van der Waals surface area contributed by atoms with E-state index in [0.717, 1.165) is 36.6 Å². The van der Waals surface area contributed by atoms with Gasteiger partial charge in [0.15, 0.2) is 0 Å². The third-order valence-corrected chi connectivity index (χ3v) is 3.70. The first kappa shape index (κ1) is 14.6. The minimum atomic E-state index is 0.828. The van der Waals surface area contributed by atoms with Crippen molar-refractivity contribution in [1.29, 1.82) is 0 Å². The van der Waals surface area contributed by atoms with Gasteiger partial charge in [-0.3, -0.25) is 0 Å². The predicted octanol–water partition coefficient (Wildman–Crippen LogP) is 3.04. The highest BCUT2D eigenvalue weighted by Gasteiger charge is 2.04. The van der Waals surface area contributed by atoms with Gasteiger partial charge < -0.3 is 14.5 Å². The van der Waals surface area contributed by atoms with Crippen LogP contribution < -0.4 is 10.1 Å². The van der Waals surface area contributed by atoms with Gasteiger partial charge in [-0.1, -0.05) is 19.1 Å². The second-order valence-electron chi connectivity index (χ2n) is 5.34. The Balaban J connectivity index is 1.78. The van der Waals surface area contributed by atoms with Crippen LogP contribution in [-0.2, 0) is 13.0 Å². The number of pyridine rings is 1. The molecule has 0 aliphatic rings. The molecule has 22 heavy (non-hydrogen) atoms. The molecule has 0 bridgehead atoms. The van der Waals surface area contributed by atoms with Crippen LogP contribution in [0.3, 0.4) is 0 Å². The van der Waals surface area contributed by atoms with E-state index in [1.807, 2.05) is 12.1 Å². The molecular weight excluding hydrogens is 274 g/mol. The average Bonchev–Trinajstić information content (AvgIpc) is 2.95. The fraction of sp³-hybridized carbons (Fsp3) is 0.278. The van der Waals surface area contributed by atoms with Gasteiger partial charge in [-0.25, -0.2) is 4.98 Å². The highest BCUT2D eigenvalue weighted by atomic mass is 16.5. The number of imidazole rings is 1. The first-order valence-corrected chi connectivity index (χ1v) is 7.58. The SMILES string of the molecule is CCNCc1ccn2cc(Cc3ccc(OC)cc3)nc2c1. The first-order valence-electron chi connectivity index (χ1n) is 7.58. The van der Waals surface area contributed by atoms with E-state index in [0.29, 0.717) is 0 Å². The molecule has 0 radical (unpaired) electrons. The van der Waals surface area contributed by atoms with Gasteiger partial charge in [-0.15, -0.1) is 0 Å². The zero-order chi connectivity index (χ0) is 15.4. The fourth-order valence-electron chi connectivity index (χ4n) is 2.49. The summed E-state index contributed by atoms with van der Waals surface area (Å²) in [7, 11) is 1.68. The smallest absolute Gasteiger partial charge is 0.137 e. The van der Waals surface area contributed by atoms with Gasteiger partial charge in [0.1, 0.15) is 11.4 Å². The van der Waals surface area contributed by atoms with Crippen LogP contribution in [0.1, 0.15) is 23.7 Å². The average molecular weight is 295 g/mol. The topological polar surface area (TPSA) is 38.6 Å². The number of nitrogens with zero attached hydrogens (tertiary/aromatic N) is 2. The van der Waals surface area contributed by atoms with E-state index in [-0.39, 0.29) is 0 Å². The van der Waals surface area contributed by atoms with Crippen molar-refractivity contribution >= 4 is 5.65 Å². The van der Waals surface area contributed by atoms with Crippen molar-refractivity contribution in [1.82, 2.24) is 14.7 Å². The van der Waals surface area contributed by atoms with Gasteiger partial charge in [0, 0.05) is 25.4 Å². The van der Waals surface area contributed by atoms with Crippen molar-refractivity contribution in [2.24, 2.45) is 0 Å². The molecule has 0 unspecified atom stereocenters. The molecule has 0 aliphatic carbocycles. The summed E-state index contributed by atoms with van der Waals surface area (Å²) in [6.07, 6.45) is 5.00. The molecule has 0 saturated carbocycles. The number of fused-ring (bicyclic) bond motifs is 1. The Bertz CT molecular complexity index is 747. The number of benzene rings is 1. The van der Waals surface area contributed by atoms with Gasteiger partial charge in [-0.2, -0.15) is 0 Å². The Morgan fingerprint density at radius 1 is 1.14 bits per heavy atom. The summed E-state index contributed by atoms with van der Waals surface area (Å²) in [4.78, 5) is 4.72. The first-order chi connectivity index (χ1) is 10.8. The zero-order valence-electron chi connectivity index (χ0n) is 13.0. The summed E-state index contributed by atoms with van der Waals surface area (Å²) in [5.41, 5.74) is 4.57. The van der Waals surface area contributed by atoms with Gasteiger partial charge >= 0.3 is 0 Å². The maximum atomic E-state index is 5.19. The van der Waals surface area contributed by atoms with E-state index in [2.05, 4.69) is 53.3 Å². The van der Waals surface area contributed by atoms with Gasteiger partial charge in [-0.05, 0) is 41.9 Å². The number of methoxy groups -OCH3 is 1. The monoisotopic (exact) mass is 295 g/mol. The van der Waals surface area contributed by atoms with E-state index < -0.39 is 0 Å². The minimum absolute atomic E-state index is 0.828. The Kier molecular flexibility index (Phi) is 4.39. The molecule has 4 nitrogen and oxygen atoms in total. The van der Waals surface area contributed by atoms with Crippen molar-refractivity contribution in [2.45, 2.75) is 19.9 Å². The van der Waals surface area contributed by atoms with Crippen molar-refractivity contribution in [3.8, 4) is 5.75 Å². The lowest BCUT2D eigenvalue weighted by Gasteiger charge is -2.01. The molecule has 3 aromatic rings. The maximum Gasteiger partial charge on any atom is 0.137 e. The number of hydrogen-bond acceptors (Lipinski definition) is 3. The Morgan fingerprint density at radius 2 is 1.95 bits per heavy atom. The van der Waals surface area contributed by atoms with Crippen LogP contribution in [0, 0.1) is 0 Å². The normalized spacial score (nSPS) is 11.0. The highest BCUT2D eigenvalue weighted by molar-refractivity contribution is 5.44. The summed E-state index contributed by atoms with van der Waals surface area (Å²) < 4.78 is 7.26. The second kappa shape index (κ2) is 6.62. The van der Waals surface area contributed by atoms with Crippen molar-refractivity contribution < 1.29 is 4.74 Å². The van der Waals surface area contributed by atoms with E-state index >= 15 is 0 Å². The molecule has 4 heteroatoms. The molecular formula is C18H21N3O. The van der Waals surface area contributed by atoms with Crippen LogP contribution in [0.25, 0.3) is 5.65 Å². The van der Waals surface area contributed by atoms with Crippen LogP contribution in [0.4, 0.5) is 0 Å². The Hall–Kier alpha value is -2.33. The second-order valence-corrected chi connectivity index (χ2v) is 5.34. The third-order valence-electron chi connectivity index (χ3n) is 3.70. The number of ether oxygens (including phenoxy) is 1. The number of rotatable bonds is 6. The van der Waals surface area contributed by atoms with E-state index in [9.17, 15) is 0 Å². The molecule has 114 valence electrons. The van der Waals surface area contributed by atoms with E-state index in [1.54, 1.807) is 7.11 Å². The molecule has 1 aromatic carbocycles. The van der Waals surface area contributed by atoms with Gasteiger partial charge in [0.05, 0.1) is 12.8 Å². The van der Waals surface area contributed by atoms with Crippen LogP contribution in [-0.4, -0.2) is 23.0 Å². The fourth-order valence-corrected chi connectivity index (χ4v) is 2.49.